The third kappa shape index (κ3) is 58.9. The monoisotopic (exact) mass is 1110 g/mol. The SMILES string of the molecule is CCCCCCCC/C=C/CCCCCCCCCCCCCCCCCC(=O)NC(COP(=O)([O-])OCC[N+](C)(C)C)C(/C=C\CCCCCCCCCCC)OC(=O)CCCCCCCCCCCCCCCCC. The van der Waals surface area contributed by atoms with Crippen LogP contribution in [-0.2, 0) is 27.9 Å². The van der Waals surface area contributed by atoms with Crippen LogP contribution in [0.5, 0.6) is 0 Å². The maximum absolute atomic E-state index is 13.6. The number of allylic oxidation sites excluding steroid dienone is 3. The summed E-state index contributed by atoms with van der Waals surface area (Å²) >= 11 is 0. The van der Waals surface area contributed by atoms with E-state index in [1.165, 1.54) is 250 Å². The van der Waals surface area contributed by atoms with E-state index in [1.54, 1.807) is 0 Å². The van der Waals surface area contributed by atoms with E-state index in [0.29, 0.717) is 17.4 Å². The second-order valence-corrected chi connectivity index (χ2v) is 25.7. The number of amides is 1. The Hall–Kier alpha value is -1.51. The molecule has 0 spiro atoms. The highest BCUT2D eigenvalue weighted by atomic mass is 31.2. The second-order valence-electron chi connectivity index (χ2n) is 24.3. The van der Waals surface area contributed by atoms with E-state index in [9.17, 15) is 19.0 Å². The number of nitrogens with zero attached hydrogens (tertiary/aromatic N) is 1. The van der Waals surface area contributed by atoms with Crippen LogP contribution in [0.2, 0.25) is 0 Å². The normalized spacial score (nSPS) is 13.7. The molecule has 0 saturated carbocycles. The summed E-state index contributed by atoms with van der Waals surface area (Å²) in [5.41, 5.74) is 0. The molecule has 0 aromatic rings. The van der Waals surface area contributed by atoms with Gasteiger partial charge in [0.1, 0.15) is 19.3 Å². The molecule has 0 heterocycles. The molecule has 1 amide bonds. The summed E-state index contributed by atoms with van der Waals surface area (Å²) in [5, 5.41) is 3.04. The molecule has 0 aromatic carbocycles. The highest BCUT2D eigenvalue weighted by molar-refractivity contribution is 7.45. The van der Waals surface area contributed by atoms with E-state index in [-0.39, 0.29) is 31.5 Å². The Morgan fingerprint density at radius 3 is 1.10 bits per heavy atom. The van der Waals surface area contributed by atoms with Crippen molar-refractivity contribution >= 4 is 19.7 Å². The summed E-state index contributed by atoms with van der Waals surface area (Å²) < 4.78 is 30.4. The van der Waals surface area contributed by atoms with Crippen LogP contribution in [0.15, 0.2) is 24.3 Å². The maximum atomic E-state index is 13.6. The molecule has 0 bridgehead atoms. The maximum Gasteiger partial charge on any atom is 0.306 e. The lowest BCUT2D eigenvalue weighted by Gasteiger charge is -2.30. The number of rotatable bonds is 62. The van der Waals surface area contributed by atoms with Crippen molar-refractivity contribution in [3.63, 3.8) is 0 Å². The number of quaternary nitrogens is 1. The van der Waals surface area contributed by atoms with Crippen LogP contribution < -0.4 is 10.2 Å². The first-order valence-electron chi connectivity index (χ1n) is 33.6. The number of likely N-dealkylation sites (N-methyl/N-ethyl adjacent to an activating group) is 1. The molecule has 77 heavy (non-hydrogen) atoms. The predicted molar refractivity (Wildman–Crippen MR) is 330 cm³/mol. The zero-order valence-corrected chi connectivity index (χ0v) is 53.1. The largest absolute Gasteiger partial charge is 0.756 e. The minimum atomic E-state index is -4.69. The summed E-state index contributed by atoms with van der Waals surface area (Å²) in [6, 6.07) is -0.881. The van der Waals surface area contributed by atoms with Crippen molar-refractivity contribution in [2.75, 3.05) is 40.9 Å². The molecule has 456 valence electrons. The fourth-order valence-electron chi connectivity index (χ4n) is 10.2. The number of hydrogen-bond donors (Lipinski definition) is 1. The van der Waals surface area contributed by atoms with Gasteiger partial charge in [0.15, 0.2) is 0 Å². The van der Waals surface area contributed by atoms with Crippen molar-refractivity contribution in [1.29, 1.82) is 0 Å². The second kappa shape index (κ2) is 57.7. The molecular weight excluding hydrogens is 976 g/mol. The zero-order valence-electron chi connectivity index (χ0n) is 52.2. The summed E-state index contributed by atoms with van der Waals surface area (Å²) in [5.74, 6) is -0.521. The number of ether oxygens (including phenoxy) is 1. The highest BCUT2D eigenvalue weighted by Crippen LogP contribution is 2.38. The van der Waals surface area contributed by atoms with E-state index in [2.05, 4.69) is 38.2 Å². The molecule has 0 aliphatic rings. The van der Waals surface area contributed by atoms with Crippen molar-refractivity contribution in [1.82, 2.24) is 5.32 Å². The van der Waals surface area contributed by atoms with Gasteiger partial charge >= 0.3 is 5.97 Å². The molecule has 3 unspecified atom stereocenters. The molecule has 0 aromatic heterocycles. The van der Waals surface area contributed by atoms with E-state index in [1.807, 2.05) is 33.3 Å². The fourth-order valence-corrected chi connectivity index (χ4v) is 10.9. The number of carbonyl (C=O) groups is 2. The summed E-state index contributed by atoms with van der Waals surface area (Å²) in [6.07, 6.45) is 68.7. The quantitative estimate of drug-likeness (QED) is 0.0212. The Morgan fingerprint density at radius 1 is 0.442 bits per heavy atom. The third-order valence-electron chi connectivity index (χ3n) is 15.4. The van der Waals surface area contributed by atoms with Gasteiger partial charge in [-0.2, -0.15) is 0 Å². The van der Waals surface area contributed by atoms with Crippen molar-refractivity contribution in [2.24, 2.45) is 0 Å². The Labute approximate surface area is 479 Å². The standard InChI is InChI=1S/C67H131N2O7P/c1-7-10-13-16-19-22-25-27-29-30-31-32-33-34-35-36-37-38-40-41-44-47-50-53-56-59-66(70)68-64(63-75-77(72,73)74-62-61-69(4,5)6)65(58-55-52-49-46-43-24-21-18-15-12-9-3)76-67(71)60-57-54-51-48-45-42-39-28-26-23-20-17-14-11-8-2/h27,29,55,58,64-65H,7-26,28,30-54,56-57,59-63H2,1-6H3,(H-,68,70,72,73)/b29-27+,58-55-. The molecule has 0 aliphatic carbocycles. The van der Waals surface area contributed by atoms with Gasteiger partial charge in [-0.05, 0) is 57.4 Å². The minimum Gasteiger partial charge on any atom is -0.756 e. The molecular formula is C67H131N2O7P. The lowest BCUT2D eigenvalue weighted by atomic mass is 10.0. The summed E-state index contributed by atoms with van der Waals surface area (Å²) in [4.78, 5) is 40.0. The van der Waals surface area contributed by atoms with Gasteiger partial charge in [0.05, 0.1) is 33.8 Å². The minimum absolute atomic E-state index is 0.0181. The van der Waals surface area contributed by atoms with Gasteiger partial charge in [-0.15, -0.1) is 0 Å². The first kappa shape index (κ1) is 75.5. The molecule has 0 aliphatic heterocycles. The van der Waals surface area contributed by atoms with E-state index in [0.717, 1.165) is 57.8 Å². The van der Waals surface area contributed by atoms with E-state index in [4.69, 9.17) is 13.8 Å². The average Bonchev–Trinajstić information content (AvgIpc) is 3.39. The number of carbonyl (C=O) groups excluding carboxylic acids is 2. The van der Waals surface area contributed by atoms with E-state index < -0.39 is 20.0 Å². The summed E-state index contributed by atoms with van der Waals surface area (Å²) in [7, 11) is 1.20. The molecule has 9 nitrogen and oxygen atoms in total. The first-order chi connectivity index (χ1) is 37.4. The number of nitrogens with one attached hydrogen (secondary N) is 1. The lowest BCUT2D eigenvalue weighted by Crippen LogP contribution is -2.47. The Kier molecular flexibility index (Phi) is 56.6. The molecule has 0 radical (unpaired) electrons. The van der Waals surface area contributed by atoms with Crippen LogP contribution >= 0.6 is 7.82 Å². The number of hydrogen-bond acceptors (Lipinski definition) is 7. The van der Waals surface area contributed by atoms with Crippen LogP contribution in [0, 0.1) is 0 Å². The molecule has 0 fully saturated rings. The van der Waals surface area contributed by atoms with Crippen LogP contribution in [0.25, 0.3) is 0 Å². The molecule has 10 heteroatoms. The van der Waals surface area contributed by atoms with Gasteiger partial charge < -0.3 is 28.5 Å². The highest BCUT2D eigenvalue weighted by Gasteiger charge is 2.27. The van der Waals surface area contributed by atoms with Gasteiger partial charge in [0.2, 0.25) is 5.91 Å². The Balaban J connectivity index is 5.00. The molecule has 0 saturated heterocycles. The summed E-state index contributed by atoms with van der Waals surface area (Å²) in [6.45, 7) is 6.89. The Bertz CT molecular complexity index is 1370. The number of phosphoric acid groups is 1. The third-order valence-corrected chi connectivity index (χ3v) is 16.3. The van der Waals surface area contributed by atoms with Crippen LogP contribution in [0.1, 0.15) is 342 Å². The van der Waals surface area contributed by atoms with Gasteiger partial charge in [-0.3, -0.25) is 14.2 Å². The first-order valence-corrected chi connectivity index (χ1v) is 35.1. The van der Waals surface area contributed by atoms with Crippen LogP contribution in [-0.4, -0.2) is 69.4 Å². The van der Waals surface area contributed by atoms with Gasteiger partial charge in [0, 0.05) is 12.8 Å². The van der Waals surface area contributed by atoms with Crippen molar-refractivity contribution in [3.8, 4) is 0 Å². The predicted octanol–water partition coefficient (Wildman–Crippen LogP) is 20.3. The number of unbranched alkanes of at least 4 members (excludes halogenated alkanes) is 44. The van der Waals surface area contributed by atoms with Crippen molar-refractivity contribution < 1.29 is 37.3 Å². The molecule has 0 rings (SSSR count). The van der Waals surface area contributed by atoms with Gasteiger partial charge in [-0.25, -0.2) is 0 Å². The fraction of sp³-hybridized carbons (Fsp3) is 0.910. The van der Waals surface area contributed by atoms with Crippen molar-refractivity contribution in [3.05, 3.63) is 24.3 Å². The molecule has 1 N–H and O–H groups in total. The Morgan fingerprint density at radius 2 is 0.753 bits per heavy atom. The van der Waals surface area contributed by atoms with Crippen molar-refractivity contribution in [2.45, 2.75) is 354 Å². The number of esters is 1. The number of phosphoric ester groups is 1. The lowest BCUT2D eigenvalue weighted by molar-refractivity contribution is -0.870. The van der Waals surface area contributed by atoms with Gasteiger partial charge in [-0.1, -0.05) is 296 Å². The smallest absolute Gasteiger partial charge is 0.306 e. The zero-order chi connectivity index (χ0) is 56.4. The van der Waals surface area contributed by atoms with Crippen LogP contribution in [0.4, 0.5) is 0 Å². The van der Waals surface area contributed by atoms with Gasteiger partial charge in [0.25, 0.3) is 7.82 Å². The molecule has 3 atom stereocenters. The average molecular weight is 1110 g/mol. The van der Waals surface area contributed by atoms with E-state index >= 15 is 0 Å². The topological polar surface area (TPSA) is 114 Å². The van der Waals surface area contributed by atoms with Crippen LogP contribution in [0.3, 0.4) is 0 Å².